The summed E-state index contributed by atoms with van der Waals surface area (Å²) in [7, 11) is 0. The van der Waals surface area contributed by atoms with Gasteiger partial charge in [-0.15, -0.1) is 0 Å². The molecule has 21 heavy (non-hydrogen) atoms. The third-order valence-electron chi connectivity index (χ3n) is 8.19. The van der Waals surface area contributed by atoms with Crippen LogP contribution in [0, 0.1) is 34.5 Å². The van der Waals surface area contributed by atoms with Gasteiger partial charge in [0, 0.05) is 24.7 Å². The van der Waals surface area contributed by atoms with Crippen LogP contribution in [0.5, 0.6) is 0 Å². The number of Topliss-reactive ketones (excluding diaryl/α,β-unsaturated/α-hetero) is 2. The number of fused-ring (bicyclic) bond motifs is 5. The highest BCUT2D eigenvalue weighted by Crippen LogP contribution is 2.65. The second-order valence-corrected chi connectivity index (χ2v) is 8.82. The first-order chi connectivity index (χ1) is 9.95. The fourth-order valence-electron chi connectivity index (χ4n) is 6.82. The van der Waals surface area contributed by atoms with E-state index in [9.17, 15) is 9.59 Å². The van der Waals surface area contributed by atoms with Gasteiger partial charge in [-0.2, -0.15) is 0 Å². The molecular formula is C19H28O2. The molecule has 0 N–H and O–H groups in total. The quantitative estimate of drug-likeness (QED) is 0.670. The summed E-state index contributed by atoms with van der Waals surface area (Å²) in [4.78, 5) is 24.2. The molecule has 0 heterocycles. The Labute approximate surface area is 128 Å². The van der Waals surface area contributed by atoms with Gasteiger partial charge in [-0.3, -0.25) is 9.59 Å². The first kappa shape index (κ1) is 14.0. The van der Waals surface area contributed by atoms with Crippen molar-refractivity contribution < 1.29 is 9.59 Å². The Balaban J connectivity index is 1.65. The molecule has 4 rings (SSSR count). The van der Waals surface area contributed by atoms with Gasteiger partial charge in [0.25, 0.3) is 0 Å². The van der Waals surface area contributed by atoms with E-state index in [1.165, 1.54) is 19.3 Å². The number of carbonyl (C=O) groups is 2. The van der Waals surface area contributed by atoms with Gasteiger partial charge >= 0.3 is 0 Å². The zero-order chi connectivity index (χ0) is 14.8. The van der Waals surface area contributed by atoms with Crippen molar-refractivity contribution in [2.75, 3.05) is 0 Å². The minimum absolute atomic E-state index is 0.00511. The van der Waals surface area contributed by atoms with Crippen LogP contribution >= 0.6 is 0 Å². The molecule has 4 aliphatic rings. The van der Waals surface area contributed by atoms with Gasteiger partial charge in [-0.05, 0) is 67.6 Å². The van der Waals surface area contributed by atoms with Crippen molar-refractivity contribution in [2.24, 2.45) is 34.5 Å². The fraction of sp³-hybridized carbons (Fsp3) is 0.895. The summed E-state index contributed by atoms with van der Waals surface area (Å²) in [5.74, 6) is 3.82. The monoisotopic (exact) mass is 288 g/mol. The van der Waals surface area contributed by atoms with Crippen LogP contribution in [0.25, 0.3) is 0 Å². The summed E-state index contributed by atoms with van der Waals surface area (Å²) in [6, 6.07) is 0. The zero-order valence-electron chi connectivity index (χ0n) is 13.5. The predicted octanol–water partition coefficient (Wildman–Crippen LogP) is 4.17. The van der Waals surface area contributed by atoms with E-state index in [2.05, 4.69) is 13.8 Å². The molecule has 0 unspecified atom stereocenters. The van der Waals surface area contributed by atoms with Crippen molar-refractivity contribution in [3.63, 3.8) is 0 Å². The number of hydrogen-bond donors (Lipinski definition) is 0. The van der Waals surface area contributed by atoms with Crippen LogP contribution < -0.4 is 0 Å². The smallest absolute Gasteiger partial charge is 0.139 e. The second-order valence-electron chi connectivity index (χ2n) is 8.82. The van der Waals surface area contributed by atoms with Gasteiger partial charge in [-0.25, -0.2) is 0 Å². The second kappa shape index (κ2) is 4.43. The average molecular weight is 288 g/mol. The summed E-state index contributed by atoms with van der Waals surface area (Å²) in [5, 5.41) is 0. The summed E-state index contributed by atoms with van der Waals surface area (Å²) in [6.07, 6.45) is 9.53. The molecule has 0 aliphatic heterocycles. The van der Waals surface area contributed by atoms with Crippen LogP contribution in [0.2, 0.25) is 0 Å². The Morgan fingerprint density at radius 1 is 0.905 bits per heavy atom. The summed E-state index contributed by atoms with van der Waals surface area (Å²) >= 11 is 0. The lowest BCUT2D eigenvalue weighted by Crippen LogP contribution is -2.53. The fourth-order valence-corrected chi connectivity index (χ4v) is 6.82. The third kappa shape index (κ3) is 1.77. The summed E-state index contributed by atoms with van der Waals surface area (Å²) < 4.78 is 0. The molecule has 116 valence electrons. The van der Waals surface area contributed by atoms with Crippen molar-refractivity contribution in [3.8, 4) is 0 Å². The van der Waals surface area contributed by atoms with Crippen LogP contribution in [0.15, 0.2) is 0 Å². The maximum atomic E-state index is 12.4. The Bertz CT molecular complexity index is 496. The molecular weight excluding hydrogens is 260 g/mol. The van der Waals surface area contributed by atoms with Gasteiger partial charge in [-0.1, -0.05) is 13.8 Å². The highest BCUT2D eigenvalue weighted by Gasteiger charge is 2.60. The Hall–Kier alpha value is -0.660. The molecule has 4 saturated carbocycles. The van der Waals surface area contributed by atoms with Gasteiger partial charge in [0.05, 0.1) is 0 Å². The molecule has 0 aromatic carbocycles. The molecule has 0 bridgehead atoms. The summed E-state index contributed by atoms with van der Waals surface area (Å²) in [6.45, 7) is 4.72. The Morgan fingerprint density at radius 3 is 2.52 bits per heavy atom. The number of rotatable bonds is 0. The maximum Gasteiger partial charge on any atom is 0.139 e. The Kier molecular flexibility index (Phi) is 2.94. The molecule has 4 aliphatic carbocycles. The van der Waals surface area contributed by atoms with Crippen molar-refractivity contribution in [3.05, 3.63) is 0 Å². The van der Waals surface area contributed by atoms with Crippen LogP contribution in [-0.4, -0.2) is 11.6 Å². The first-order valence-corrected chi connectivity index (χ1v) is 9.00. The first-order valence-electron chi connectivity index (χ1n) is 9.00. The van der Waals surface area contributed by atoms with Crippen LogP contribution in [0.1, 0.15) is 71.6 Å². The Morgan fingerprint density at radius 2 is 1.71 bits per heavy atom. The minimum atomic E-state index is -0.00511. The maximum absolute atomic E-state index is 12.4. The van der Waals surface area contributed by atoms with E-state index in [0.29, 0.717) is 28.8 Å². The van der Waals surface area contributed by atoms with E-state index in [4.69, 9.17) is 0 Å². The molecule has 6 atom stereocenters. The van der Waals surface area contributed by atoms with E-state index in [1.54, 1.807) is 0 Å². The van der Waals surface area contributed by atoms with Crippen molar-refractivity contribution in [1.82, 2.24) is 0 Å². The van der Waals surface area contributed by atoms with Gasteiger partial charge in [0.1, 0.15) is 11.6 Å². The highest BCUT2D eigenvalue weighted by atomic mass is 16.1. The van der Waals surface area contributed by atoms with E-state index in [0.717, 1.165) is 50.4 Å². The van der Waals surface area contributed by atoms with E-state index in [-0.39, 0.29) is 5.41 Å². The number of ketones is 2. The molecule has 0 saturated heterocycles. The van der Waals surface area contributed by atoms with Crippen molar-refractivity contribution in [2.45, 2.75) is 71.6 Å². The van der Waals surface area contributed by atoms with Crippen molar-refractivity contribution in [1.29, 1.82) is 0 Å². The van der Waals surface area contributed by atoms with Gasteiger partial charge in [0.2, 0.25) is 0 Å². The highest BCUT2D eigenvalue weighted by molar-refractivity contribution is 5.87. The molecule has 2 heteroatoms. The standard InChI is InChI=1S/C19H28O2/c1-18-9-7-13(20)11-12(18)3-4-14-15-5-6-17(21)19(15,2)10-8-16(14)18/h12,14-16H,3-11H2,1-2H3/t12-,14-,15-,16+,18-,19-/m1/s1. The molecule has 0 amide bonds. The largest absolute Gasteiger partial charge is 0.300 e. The van der Waals surface area contributed by atoms with Crippen LogP contribution in [-0.2, 0) is 9.59 Å². The minimum Gasteiger partial charge on any atom is -0.300 e. The molecule has 0 spiro atoms. The van der Waals surface area contributed by atoms with Crippen LogP contribution in [0.4, 0.5) is 0 Å². The molecule has 2 nitrogen and oxygen atoms in total. The average Bonchev–Trinajstić information content (AvgIpc) is 2.76. The molecule has 0 aromatic rings. The van der Waals surface area contributed by atoms with E-state index in [1.807, 2.05) is 0 Å². The normalized spacial score (nSPS) is 53.0. The molecule has 0 aromatic heterocycles. The number of carbonyl (C=O) groups excluding carboxylic acids is 2. The third-order valence-corrected chi connectivity index (χ3v) is 8.19. The zero-order valence-corrected chi connectivity index (χ0v) is 13.5. The number of hydrogen-bond acceptors (Lipinski definition) is 2. The topological polar surface area (TPSA) is 34.1 Å². The van der Waals surface area contributed by atoms with E-state index < -0.39 is 0 Å². The summed E-state index contributed by atoms with van der Waals surface area (Å²) in [5.41, 5.74) is 0.374. The molecule has 0 radical (unpaired) electrons. The lowest BCUT2D eigenvalue weighted by Gasteiger charge is -2.59. The lowest BCUT2D eigenvalue weighted by molar-refractivity contribution is -0.144. The van der Waals surface area contributed by atoms with Crippen LogP contribution in [0.3, 0.4) is 0 Å². The SMILES string of the molecule is C[C@@]12CCC(=O)C[C@H]1CC[C@@H]1[C@H]3CCC(=O)[C@]3(C)CC[C@@H]12. The lowest BCUT2D eigenvalue weighted by atomic mass is 9.45. The van der Waals surface area contributed by atoms with E-state index >= 15 is 0 Å². The van der Waals surface area contributed by atoms with Gasteiger partial charge < -0.3 is 0 Å². The predicted molar refractivity (Wildman–Crippen MR) is 81.7 cm³/mol. The molecule has 4 fully saturated rings. The van der Waals surface area contributed by atoms with Gasteiger partial charge in [0.15, 0.2) is 0 Å². The van der Waals surface area contributed by atoms with Crippen molar-refractivity contribution >= 4 is 11.6 Å².